The van der Waals surface area contributed by atoms with Gasteiger partial charge in [-0.15, -0.1) is 6.42 Å². The molecule has 1 radical (unpaired) electrons. The molecule has 7 heavy (non-hydrogen) atoms. The lowest BCUT2D eigenvalue weighted by atomic mass is 10.4. The molecular weight excluding hydrogens is 88.1 g/mol. The van der Waals surface area contributed by atoms with E-state index in [0.717, 1.165) is 0 Å². The van der Waals surface area contributed by atoms with Gasteiger partial charge in [0.2, 0.25) is 0 Å². The minimum absolute atomic E-state index is 0.667. The summed E-state index contributed by atoms with van der Waals surface area (Å²) >= 11 is 0. The van der Waals surface area contributed by atoms with Gasteiger partial charge in [0.25, 0.3) is 0 Å². The number of rotatable bonds is 0. The Labute approximate surface area is 42.0 Å². The largest absolute Gasteiger partial charge is 0.471 e. The van der Waals surface area contributed by atoms with Crippen molar-refractivity contribution in [3.63, 3.8) is 0 Å². The third kappa shape index (κ3) is 0.635. The molecule has 0 aliphatic heterocycles. The van der Waals surface area contributed by atoms with Gasteiger partial charge in [-0.1, -0.05) is 5.92 Å². The van der Waals surface area contributed by atoms with Crippen LogP contribution in [0.15, 0.2) is 16.9 Å². The number of terminal acetylenes is 1. The normalized spacial score (nSPS) is 7.86. The predicted octanol–water partition coefficient (Wildman–Crippen LogP) is 1.06. The molecule has 0 unspecified atom stereocenters. The van der Waals surface area contributed by atoms with Gasteiger partial charge in [-0.05, 0) is 0 Å². The van der Waals surface area contributed by atoms with E-state index >= 15 is 0 Å². The lowest BCUT2D eigenvalue weighted by molar-refractivity contribution is 0.566. The number of hydrogen-bond acceptors (Lipinski definition) is 1. The van der Waals surface area contributed by atoms with Crippen molar-refractivity contribution in [1.29, 1.82) is 0 Å². The molecule has 0 aliphatic rings. The van der Waals surface area contributed by atoms with Gasteiger partial charge in [0.15, 0.2) is 0 Å². The van der Waals surface area contributed by atoms with Gasteiger partial charge in [0.1, 0.15) is 6.26 Å². The second-order valence-corrected chi connectivity index (χ2v) is 1.07. The van der Waals surface area contributed by atoms with Crippen molar-refractivity contribution in [2.24, 2.45) is 0 Å². The van der Waals surface area contributed by atoms with Crippen LogP contribution < -0.4 is 0 Å². The van der Waals surface area contributed by atoms with Crippen molar-refractivity contribution in [3.8, 4) is 12.3 Å². The van der Waals surface area contributed by atoms with E-state index in [9.17, 15) is 0 Å². The van der Waals surface area contributed by atoms with Crippen LogP contribution in [0.2, 0.25) is 0 Å². The Morgan fingerprint density at radius 1 is 1.86 bits per heavy atom. The summed E-state index contributed by atoms with van der Waals surface area (Å²) in [5, 5.41) is 0. The molecule has 0 bridgehead atoms. The molecule has 0 N–H and O–H groups in total. The Balaban J connectivity index is 3.04. The highest BCUT2D eigenvalue weighted by Crippen LogP contribution is 1.93. The van der Waals surface area contributed by atoms with Crippen molar-refractivity contribution in [2.75, 3.05) is 0 Å². The smallest absolute Gasteiger partial charge is 0.107 e. The minimum atomic E-state index is 0.667. The zero-order valence-corrected chi connectivity index (χ0v) is 3.64. The molecule has 0 atom stereocenters. The maximum Gasteiger partial charge on any atom is 0.107 e. The van der Waals surface area contributed by atoms with Crippen LogP contribution in [-0.2, 0) is 0 Å². The highest BCUT2D eigenvalue weighted by molar-refractivity contribution is 5.25. The topological polar surface area (TPSA) is 13.1 Å². The second kappa shape index (κ2) is 1.53. The molecule has 1 heteroatoms. The highest BCUT2D eigenvalue weighted by atomic mass is 16.3. The Hall–Kier alpha value is -1.16. The molecule has 0 saturated heterocycles. The monoisotopic (exact) mass is 91.0 g/mol. The number of furan rings is 1. The maximum atomic E-state index is 4.95. The maximum absolute atomic E-state index is 4.95. The molecule has 0 spiro atoms. The third-order valence-electron chi connectivity index (χ3n) is 0.624. The Bertz CT molecular complexity index is 167. The second-order valence-electron chi connectivity index (χ2n) is 1.07. The fourth-order valence-electron chi connectivity index (χ4n) is 0.309. The summed E-state index contributed by atoms with van der Waals surface area (Å²) < 4.78 is 4.61. The van der Waals surface area contributed by atoms with E-state index in [1.807, 2.05) is 0 Å². The van der Waals surface area contributed by atoms with E-state index in [-0.39, 0.29) is 0 Å². The SMILES string of the molecule is C#Cc1[c]coc1. The number of hydrogen-bond donors (Lipinski definition) is 0. The first-order chi connectivity index (χ1) is 3.43. The van der Waals surface area contributed by atoms with Crippen LogP contribution in [0.5, 0.6) is 0 Å². The molecule has 0 saturated carbocycles. The Morgan fingerprint density at radius 2 is 2.71 bits per heavy atom. The van der Waals surface area contributed by atoms with Gasteiger partial charge >= 0.3 is 0 Å². The fourth-order valence-corrected chi connectivity index (χ4v) is 0.309. The van der Waals surface area contributed by atoms with Gasteiger partial charge in [0.05, 0.1) is 11.8 Å². The summed E-state index contributed by atoms with van der Waals surface area (Å²) in [6.07, 6.45) is 7.85. The van der Waals surface area contributed by atoms with Crippen LogP contribution >= 0.6 is 0 Å². The molecule has 0 aliphatic carbocycles. The van der Waals surface area contributed by atoms with Gasteiger partial charge in [-0.3, -0.25) is 0 Å². The van der Waals surface area contributed by atoms with E-state index in [4.69, 9.17) is 6.42 Å². The summed E-state index contributed by atoms with van der Waals surface area (Å²) in [4.78, 5) is 0. The van der Waals surface area contributed by atoms with Crippen molar-refractivity contribution in [1.82, 2.24) is 0 Å². The minimum Gasteiger partial charge on any atom is -0.471 e. The Kier molecular flexibility index (Phi) is 0.874. The van der Waals surface area contributed by atoms with Crippen molar-refractivity contribution < 1.29 is 4.42 Å². The summed E-state index contributed by atoms with van der Waals surface area (Å²) in [7, 11) is 0. The first-order valence-electron chi connectivity index (χ1n) is 1.84. The molecule has 1 rings (SSSR count). The van der Waals surface area contributed by atoms with Crippen LogP contribution in [0, 0.1) is 18.4 Å². The summed E-state index contributed by atoms with van der Waals surface area (Å²) in [6.45, 7) is 0. The van der Waals surface area contributed by atoms with Crippen LogP contribution in [0.1, 0.15) is 5.56 Å². The fraction of sp³-hybridized carbons (Fsp3) is 0. The molecule has 1 nitrogen and oxygen atoms in total. The first-order valence-corrected chi connectivity index (χ1v) is 1.84. The van der Waals surface area contributed by atoms with Crippen molar-refractivity contribution >= 4 is 0 Å². The van der Waals surface area contributed by atoms with Gasteiger partial charge in [0, 0.05) is 6.07 Å². The lowest BCUT2D eigenvalue weighted by Gasteiger charge is -1.64. The molecule has 0 amide bonds. The zero-order valence-electron chi connectivity index (χ0n) is 3.64. The summed E-state index contributed by atoms with van der Waals surface area (Å²) in [5.41, 5.74) is 0.667. The van der Waals surface area contributed by atoms with E-state index in [1.165, 1.54) is 12.5 Å². The zero-order chi connectivity index (χ0) is 5.11. The molecule has 33 valence electrons. The standard InChI is InChI=1S/C6H3O/c1-2-6-3-4-7-5-6/h1,4-5H. The van der Waals surface area contributed by atoms with Crippen LogP contribution in [-0.4, -0.2) is 0 Å². The average molecular weight is 91.1 g/mol. The average Bonchev–Trinajstić information content (AvgIpc) is 2.14. The summed E-state index contributed by atoms with van der Waals surface area (Å²) in [5.74, 6) is 2.36. The predicted molar refractivity (Wildman–Crippen MR) is 25.5 cm³/mol. The summed E-state index contributed by atoms with van der Waals surface area (Å²) in [6, 6.07) is 2.68. The van der Waals surface area contributed by atoms with Crippen LogP contribution in [0.3, 0.4) is 0 Å². The molecule has 1 aromatic heterocycles. The highest BCUT2D eigenvalue weighted by Gasteiger charge is 1.81. The van der Waals surface area contributed by atoms with E-state index in [0.29, 0.717) is 5.56 Å². The molecular formula is C6H3O. The van der Waals surface area contributed by atoms with E-state index in [2.05, 4.69) is 16.4 Å². The van der Waals surface area contributed by atoms with E-state index in [1.54, 1.807) is 0 Å². The van der Waals surface area contributed by atoms with E-state index < -0.39 is 0 Å². The first kappa shape index (κ1) is 4.01. The molecule has 1 aromatic rings. The molecule has 0 aromatic carbocycles. The van der Waals surface area contributed by atoms with Gasteiger partial charge in [-0.2, -0.15) is 0 Å². The quantitative estimate of drug-likeness (QED) is 0.435. The van der Waals surface area contributed by atoms with Gasteiger partial charge < -0.3 is 4.42 Å². The van der Waals surface area contributed by atoms with Crippen LogP contribution in [0.4, 0.5) is 0 Å². The Morgan fingerprint density at radius 3 is 3.00 bits per heavy atom. The molecule has 1 heterocycles. The third-order valence-corrected chi connectivity index (χ3v) is 0.624. The van der Waals surface area contributed by atoms with Gasteiger partial charge in [-0.25, -0.2) is 0 Å². The lowest BCUT2D eigenvalue weighted by Crippen LogP contribution is -1.55. The van der Waals surface area contributed by atoms with Crippen molar-refractivity contribution in [3.05, 3.63) is 24.2 Å². The van der Waals surface area contributed by atoms with Crippen LogP contribution in [0.25, 0.3) is 0 Å². The van der Waals surface area contributed by atoms with Crippen molar-refractivity contribution in [2.45, 2.75) is 0 Å². The molecule has 0 fully saturated rings.